The molecule has 0 bridgehead atoms. The minimum Gasteiger partial charge on any atom is -0.344 e. The second kappa shape index (κ2) is 30.0. The zero-order chi connectivity index (χ0) is 29.1. The first kappa shape index (κ1) is 41.7. The lowest BCUT2D eigenvalue weighted by Crippen LogP contribution is -2.46. The van der Waals surface area contributed by atoms with E-state index in [9.17, 15) is 0 Å². The molecule has 0 aliphatic carbocycles. The molecule has 0 unspecified atom stereocenters. The van der Waals surface area contributed by atoms with Crippen molar-refractivity contribution in [1.29, 1.82) is 0 Å². The maximum absolute atomic E-state index is 5.84. The predicted octanol–water partition coefficient (Wildman–Crippen LogP) is -1.73. The summed E-state index contributed by atoms with van der Waals surface area (Å²) >= 11 is 0. The average molecular weight is 577 g/mol. The van der Waals surface area contributed by atoms with Gasteiger partial charge in [-0.25, -0.2) is 0 Å². The van der Waals surface area contributed by atoms with Crippen LogP contribution in [-0.4, -0.2) is 164 Å². The highest BCUT2D eigenvalue weighted by Gasteiger charge is 2.12. The van der Waals surface area contributed by atoms with Gasteiger partial charge in [-0.3, -0.25) is 14.7 Å². The third-order valence-corrected chi connectivity index (χ3v) is 6.72. The molecule has 0 aromatic carbocycles. The number of hydrogen-bond donors (Lipinski definition) is 8. The van der Waals surface area contributed by atoms with Crippen LogP contribution in [0.25, 0.3) is 0 Å². The fourth-order valence-electron chi connectivity index (χ4n) is 4.62. The molecular formula is C28H72N12. The van der Waals surface area contributed by atoms with E-state index in [0.29, 0.717) is 31.5 Å². The molecule has 12 nitrogen and oxygen atoms in total. The Morgan fingerprint density at radius 2 is 0.800 bits per heavy atom. The van der Waals surface area contributed by atoms with Crippen LogP contribution in [0.1, 0.15) is 27.7 Å². The van der Waals surface area contributed by atoms with Crippen molar-refractivity contribution in [2.24, 2.45) is 34.8 Å². The summed E-state index contributed by atoms with van der Waals surface area (Å²) in [5.74, 6) is 1.33. The van der Waals surface area contributed by atoms with Gasteiger partial charge >= 0.3 is 0 Å². The van der Waals surface area contributed by atoms with Gasteiger partial charge in [0.2, 0.25) is 0 Å². The molecule has 40 heavy (non-hydrogen) atoms. The Balaban J connectivity index is 0. The van der Waals surface area contributed by atoms with E-state index in [1.807, 2.05) is 0 Å². The molecule has 12 heteroatoms. The van der Waals surface area contributed by atoms with Crippen molar-refractivity contribution in [3.05, 3.63) is 0 Å². The first-order chi connectivity index (χ1) is 18.9. The normalized spacial score (nSPS) is 12.2. The number of rotatable bonds is 30. The summed E-state index contributed by atoms with van der Waals surface area (Å²) in [5.41, 5.74) is 23.2. The maximum atomic E-state index is 5.84. The number of nitrogens with two attached hydrogens (primary N) is 4. The molecule has 0 aliphatic heterocycles. The minimum atomic E-state index is 0. The van der Waals surface area contributed by atoms with Crippen LogP contribution in [0.4, 0.5) is 0 Å². The molecule has 0 fully saturated rings. The highest BCUT2D eigenvalue weighted by atomic mass is 15.2. The lowest BCUT2D eigenvalue weighted by Gasteiger charge is -2.30. The van der Waals surface area contributed by atoms with E-state index in [1.54, 1.807) is 0 Å². The van der Waals surface area contributed by atoms with Crippen molar-refractivity contribution >= 4 is 0 Å². The Bertz CT molecular complexity index is 492. The van der Waals surface area contributed by atoms with Gasteiger partial charge in [0.25, 0.3) is 0 Å². The number of hydrogen-bond acceptors (Lipinski definition) is 12. The summed E-state index contributed by atoms with van der Waals surface area (Å²) in [6, 6.07) is 0. The molecular weight excluding hydrogens is 504 g/mol. The summed E-state index contributed by atoms with van der Waals surface area (Å²) in [6.07, 6.45) is 0. The van der Waals surface area contributed by atoms with Crippen LogP contribution in [0.5, 0.6) is 0 Å². The Labute approximate surface area is 248 Å². The second-order valence-corrected chi connectivity index (χ2v) is 11.5. The van der Waals surface area contributed by atoms with Gasteiger partial charge in [0, 0.05) is 137 Å². The van der Waals surface area contributed by atoms with Crippen LogP contribution in [0.15, 0.2) is 0 Å². The van der Waals surface area contributed by atoms with Gasteiger partial charge in [-0.05, 0) is 18.4 Å². The van der Waals surface area contributed by atoms with Gasteiger partial charge in [-0.2, -0.15) is 0 Å². The molecule has 0 spiro atoms. The summed E-state index contributed by atoms with van der Waals surface area (Å²) < 4.78 is 0. The smallest absolute Gasteiger partial charge is 0.0110 e. The Hall–Kier alpha value is -0.480. The Morgan fingerprint density at radius 3 is 1.23 bits per heavy atom. The summed E-state index contributed by atoms with van der Waals surface area (Å²) in [4.78, 5) is 10.0. The lowest BCUT2D eigenvalue weighted by atomic mass is 10.2. The first-order valence-electron chi connectivity index (χ1n) is 15.7. The number of nitrogens with zero attached hydrogens (tertiary/aromatic N) is 4. The standard InChI is InChI=1S/C28H69N11.H3N/c1-27(2)25-35-13-19-38(23-21-36(14-6-30)15-7-31)24-22-37(17-10-33-9-5-29)18-11-34-12-20-39(16-8-32)26-28(3)4;/h27-28,33-35H,5-26,29-32H2,1-4H3;1H3. The molecule has 0 rings (SSSR count). The zero-order valence-corrected chi connectivity index (χ0v) is 27.0. The molecule has 0 saturated heterocycles. The van der Waals surface area contributed by atoms with Gasteiger partial charge in [-0.15, -0.1) is 0 Å². The van der Waals surface area contributed by atoms with Crippen molar-refractivity contribution in [3.8, 4) is 0 Å². The van der Waals surface area contributed by atoms with Crippen LogP contribution in [0.3, 0.4) is 0 Å². The van der Waals surface area contributed by atoms with Crippen molar-refractivity contribution in [3.63, 3.8) is 0 Å². The molecule has 0 amide bonds. The fourth-order valence-corrected chi connectivity index (χ4v) is 4.62. The molecule has 0 aromatic heterocycles. The highest BCUT2D eigenvalue weighted by Crippen LogP contribution is 1.98. The largest absolute Gasteiger partial charge is 0.344 e. The Morgan fingerprint density at radius 1 is 0.425 bits per heavy atom. The van der Waals surface area contributed by atoms with Gasteiger partial charge in [0.05, 0.1) is 0 Å². The van der Waals surface area contributed by atoms with Gasteiger partial charge < -0.3 is 49.9 Å². The quantitative estimate of drug-likeness (QED) is 0.0452. The SMILES string of the molecule is CC(C)CNCCN(CCN(CCN)CCN)CCN(CCNCCN)CCNCCN(CCN)CC(C)C.N. The van der Waals surface area contributed by atoms with E-state index >= 15 is 0 Å². The molecule has 0 radical (unpaired) electrons. The van der Waals surface area contributed by atoms with E-state index in [1.165, 1.54) is 0 Å². The van der Waals surface area contributed by atoms with Crippen molar-refractivity contribution in [2.45, 2.75) is 27.7 Å². The molecule has 0 atom stereocenters. The summed E-state index contributed by atoms with van der Waals surface area (Å²) in [6.45, 7) is 29.9. The maximum Gasteiger partial charge on any atom is 0.0110 e. The van der Waals surface area contributed by atoms with Gasteiger partial charge in [0.15, 0.2) is 0 Å². The molecule has 0 aliphatic rings. The van der Waals surface area contributed by atoms with Crippen LogP contribution >= 0.6 is 0 Å². The van der Waals surface area contributed by atoms with Crippen LogP contribution in [0, 0.1) is 11.8 Å². The highest BCUT2D eigenvalue weighted by molar-refractivity contribution is 4.71. The zero-order valence-electron chi connectivity index (χ0n) is 27.0. The molecule has 244 valence electrons. The monoisotopic (exact) mass is 577 g/mol. The average Bonchev–Trinajstić information content (AvgIpc) is 2.89. The number of nitrogens with one attached hydrogen (secondary N) is 3. The van der Waals surface area contributed by atoms with Crippen LogP contribution in [-0.2, 0) is 0 Å². The van der Waals surface area contributed by atoms with E-state index in [0.717, 1.165) is 124 Å². The van der Waals surface area contributed by atoms with Crippen LogP contribution in [0.2, 0.25) is 0 Å². The van der Waals surface area contributed by atoms with E-state index in [2.05, 4.69) is 63.2 Å². The van der Waals surface area contributed by atoms with Crippen molar-refractivity contribution in [2.75, 3.05) is 144 Å². The van der Waals surface area contributed by atoms with Crippen LogP contribution < -0.4 is 45.0 Å². The molecule has 14 N–H and O–H groups in total. The fraction of sp³-hybridized carbons (Fsp3) is 1.00. The van der Waals surface area contributed by atoms with Crippen molar-refractivity contribution < 1.29 is 0 Å². The molecule has 0 heterocycles. The van der Waals surface area contributed by atoms with E-state index < -0.39 is 0 Å². The predicted molar refractivity (Wildman–Crippen MR) is 175 cm³/mol. The lowest BCUT2D eigenvalue weighted by molar-refractivity contribution is 0.177. The minimum absolute atomic E-state index is 0. The summed E-state index contributed by atoms with van der Waals surface area (Å²) in [5, 5.41) is 10.7. The topological polar surface area (TPSA) is 188 Å². The Kier molecular flexibility index (Phi) is 31.2. The molecule has 0 saturated carbocycles. The van der Waals surface area contributed by atoms with Gasteiger partial charge in [0.1, 0.15) is 0 Å². The van der Waals surface area contributed by atoms with Gasteiger partial charge in [-0.1, -0.05) is 27.7 Å². The van der Waals surface area contributed by atoms with E-state index in [4.69, 9.17) is 22.9 Å². The second-order valence-electron chi connectivity index (χ2n) is 11.5. The third-order valence-electron chi connectivity index (χ3n) is 6.72. The third kappa shape index (κ3) is 26.4. The van der Waals surface area contributed by atoms with Crippen molar-refractivity contribution in [1.82, 2.24) is 41.7 Å². The van der Waals surface area contributed by atoms with E-state index in [-0.39, 0.29) is 6.15 Å². The first-order valence-corrected chi connectivity index (χ1v) is 15.7. The molecule has 0 aromatic rings. The summed E-state index contributed by atoms with van der Waals surface area (Å²) in [7, 11) is 0.